The molecule has 2 aliphatic heterocycles. The number of hydrogen-bond acceptors (Lipinski definition) is 2. The fourth-order valence-electron chi connectivity index (χ4n) is 10.5. The van der Waals surface area contributed by atoms with Crippen LogP contribution in [0, 0.1) is 0 Å². The molecule has 4 heteroatoms. The standard InChI is InChI=1S/C47H36N3S/c1-5-37-35-25-32-33-26-34-29-18-12-14-23-41(29)51-44(34)42-31-20-11-13-22-39(31)50(43(33)42)40(32)27-36(35)47(8-4,46(6-2,7-3)48-37)45-30-19-10-9-17-28(30)38-21-15-16-24-49(38)45/h5-6,9-27,45H,1-2,7-8H2,3-4H3/q+1. The second-order valence-electron chi connectivity index (χ2n) is 14.4. The molecule has 0 saturated heterocycles. The Hall–Kier alpha value is -5.58. The van der Waals surface area contributed by atoms with Crippen LogP contribution in [0.3, 0.4) is 0 Å². The summed E-state index contributed by atoms with van der Waals surface area (Å²) in [5, 5.41) is 7.88. The van der Waals surface area contributed by atoms with E-state index in [2.05, 4.69) is 157 Å². The van der Waals surface area contributed by atoms with E-state index in [4.69, 9.17) is 4.99 Å². The summed E-state index contributed by atoms with van der Waals surface area (Å²) < 4.78 is 7.78. The average Bonchev–Trinajstić information content (AvgIpc) is 3.92. The molecule has 0 amide bonds. The Labute approximate surface area is 300 Å². The lowest BCUT2D eigenvalue weighted by molar-refractivity contribution is -0.708. The van der Waals surface area contributed by atoms with E-state index in [-0.39, 0.29) is 6.04 Å². The van der Waals surface area contributed by atoms with Crippen molar-refractivity contribution in [2.45, 2.75) is 43.7 Å². The molecule has 0 N–H and O–H groups in total. The normalized spacial score (nSPS) is 21.1. The van der Waals surface area contributed by atoms with Crippen molar-refractivity contribution >= 4 is 75.3 Å². The first kappa shape index (κ1) is 29.2. The molecule has 244 valence electrons. The molecule has 0 spiro atoms. The van der Waals surface area contributed by atoms with Gasteiger partial charge in [0.2, 0.25) is 5.69 Å². The molecule has 3 unspecified atom stereocenters. The number of pyridine rings is 1. The van der Waals surface area contributed by atoms with Crippen LogP contribution in [0.2, 0.25) is 0 Å². The van der Waals surface area contributed by atoms with Crippen molar-refractivity contribution in [2.24, 2.45) is 4.99 Å². The number of nitrogens with zero attached hydrogens (tertiary/aromatic N) is 3. The van der Waals surface area contributed by atoms with Gasteiger partial charge < -0.3 is 4.40 Å². The zero-order valence-corrected chi connectivity index (χ0v) is 29.6. The van der Waals surface area contributed by atoms with Crippen LogP contribution in [0.4, 0.5) is 0 Å². The minimum absolute atomic E-state index is 0.0154. The molecular formula is C47H36N3S+. The maximum atomic E-state index is 5.73. The van der Waals surface area contributed by atoms with Gasteiger partial charge in [0.05, 0.1) is 38.8 Å². The number of hydrogen-bond donors (Lipinski definition) is 0. The topological polar surface area (TPSA) is 20.6 Å². The van der Waals surface area contributed by atoms with Gasteiger partial charge in [-0.15, -0.1) is 17.9 Å². The van der Waals surface area contributed by atoms with E-state index in [0.717, 1.165) is 18.6 Å². The summed E-state index contributed by atoms with van der Waals surface area (Å²) in [6, 6.07) is 40.9. The summed E-state index contributed by atoms with van der Waals surface area (Å²) in [5.74, 6) is 0. The van der Waals surface area contributed by atoms with Gasteiger partial charge in [-0.2, -0.15) is 4.57 Å². The van der Waals surface area contributed by atoms with Gasteiger partial charge in [0.1, 0.15) is 0 Å². The van der Waals surface area contributed by atoms with Gasteiger partial charge in [-0.3, -0.25) is 4.99 Å². The van der Waals surface area contributed by atoms with Crippen molar-refractivity contribution in [3.8, 4) is 11.3 Å². The first-order valence-corrected chi connectivity index (χ1v) is 18.9. The predicted molar refractivity (Wildman–Crippen MR) is 216 cm³/mol. The molecule has 0 bridgehead atoms. The van der Waals surface area contributed by atoms with Crippen LogP contribution in [0.1, 0.15) is 49.4 Å². The molecule has 0 saturated carbocycles. The van der Waals surface area contributed by atoms with Gasteiger partial charge in [0, 0.05) is 65.0 Å². The van der Waals surface area contributed by atoms with E-state index in [9.17, 15) is 0 Å². The highest BCUT2D eigenvalue weighted by Gasteiger charge is 2.63. The van der Waals surface area contributed by atoms with Gasteiger partial charge in [-0.1, -0.05) is 81.1 Å². The second-order valence-corrected chi connectivity index (χ2v) is 15.4. The van der Waals surface area contributed by atoms with E-state index in [0.29, 0.717) is 0 Å². The molecule has 6 heterocycles. The summed E-state index contributed by atoms with van der Waals surface area (Å²) in [6.45, 7) is 13.6. The summed E-state index contributed by atoms with van der Waals surface area (Å²) in [5.41, 5.74) is 10.1. The molecule has 5 aromatic carbocycles. The SMILES string of the molecule is C=CC1=NC(C=C)(CC)C(CC)(C2c3ccccc3-c3cccc[n+]32)c2cc3c(cc21)c1cc2c4ccccc4sc2c2c4ccccc4n3c12. The molecule has 9 aromatic rings. The lowest BCUT2D eigenvalue weighted by Gasteiger charge is -2.51. The molecule has 3 nitrogen and oxygen atoms in total. The lowest BCUT2D eigenvalue weighted by Crippen LogP contribution is -2.62. The molecule has 0 fully saturated rings. The quantitative estimate of drug-likeness (QED) is 0.128. The summed E-state index contributed by atoms with van der Waals surface area (Å²) >= 11 is 1.92. The number of benzene rings is 5. The van der Waals surface area contributed by atoms with Crippen molar-refractivity contribution in [1.29, 1.82) is 0 Å². The van der Waals surface area contributed by atoms with Gasteiger partial charge in [-0.05, 0) is 66.9 Å². The number of para-hydroxylation sites is 1. The smallest absolute Gasteiger partial charge is 0.213 e. The Morgan fingerprint density at radius 2 is 1.55 bits per heavy atom. The van der Waals surface area contributed by atoms with Gasteiger partial charge in [-0.25, -0.2) is 0 Å². The Balaban J connectivity index is 1.35. The first-order valence-electron chi connectivity index (χ1n) is 18.1. The van der Waals surface area contributed by atoms with Crippen LogP contribution < -0.4 is 4.57 Å². The Morgan fingerprint density at radius 1 is 0.765 bits per heavy atom. The molecule has 3 atom stereocenters. The third-order valence-corrected chi connectivity index (χ3v) is 13.8. The third kappa shape index (κ3) is 3.31. The van der Waals surface area contributed by atoms with Crippen molar-refractivity contribution in [3.05, 3.63) is 157 Å². The molecule has 0 radical (unpaired) electrons. The zero-order chi connectivity index (χ0) is 34.2. The first-order chi connectivity index (χ1) is 25.1. The monoisotopic (exact) mass is 674 g/mol. The number of allylic oxidation sites excluding steroid dienone is 1. The van der Waals surface area contributed by atoms with E-state index >= 15 is 0 Å². The summed E-state index contributed by atoms with van der Waals surface area (Å²) in [6.07, 6.45) is 8.09. The number of aliphatic imine (C=N–C) groups is 1. The minimum atomic E-state index is -0.574. The van der Waals surface area contributed by atoms with Crippen LogP contribution in [-0.4, -0.2) is 15.7 Å². The highest BCUT2D eigenvalue weighted by Crippen LogP contribution is 2.59. The zero-order valence-electron chi connectivity index (χ0n) is 28.8. The minimum Gasteiger partial charge on any atom is -0.308 e. The molecular weight excluding hydrogens is 639 g/mol. The molecule has 2 aliphatic rings. The van der Waals surface area contributed by atoms with Crippen LogP contribution >= 0.6 is 11.3 Å². The highest BCUT2D eigenvalue weighted by atomic mass is 32.1. The highest BCUT2D eigenvalue weighted by molar-refractivity contribution is 7.26. The van der Waals surface area contributed by atoms with Crippen LogP contribution in [0.5, 0.6) is 0 Å². The third-order valence-electron chi connectivity index (χ3n) is 12.6. The predicted octanol–water partition coefficient (Wildman–Crippen LogP) is 11.7. The van der Waals surface area contributed by atoms with E-state index in [1.54, 1.807) is 0 Å². The van der Waals surface area contributed by atoms with Crippen LogP contribution in [0.15, 0.2) is 146 Å². The van der Waals surface area contributed by atoms with E-state index < -0.39 is 11.0 Å². The molecule has 4 aromatic heterocycles. The van der Waals surface area contributed by atoms with Gasteiger partial charge >= 0.3 is 0 Å². The number of thiophene rings is 1. The Morgan fingerprint density at radius 3 is 2.37 bits per heavy atom. The molecule has 0 aliphatic carbocycles. The van der Waals surface area contributed by atoms with Gasteiger partial charge in [0.15, 0.2) is 12.2 Å². The Bertz CT molecular complexity index is 2970. The van der Waals surface area contributed by atoms with Crippen LogP contribution in [0.25, 0.3) is 69.5 Å². The maximum Gasteiger partial charge on any atom is 0.213 e. The fraction of sp³-hybridized carbons (Fsp3) is 0.149. The van der Waals surface area contributed by atoms with Crippen LogP contribution in [-0.2, 0) is 5.41 Å². The summed E-state index contributed by atoms with van der Waals surface area (Å²) in [4.78, 5) is 5.73. The van der Waals surface area contributed by atoms with Crippen molar-refractivity contribution in [2.75, 3.05) is 0 Å². The lowest BCUT2D eigenvalue weighted by atomic mass is 9.55. The fourth-order valence-corrected chi connectivity index (χ4v) is 11.7. The average molecular weight is 675 g/mol. The summed E-state index contributed by atoms with van der Waals surface area (Å²) in [7, 11) is 0. The second kappa shape index (κ2) is 10.0. The Kier molecular flexibility index (Phi) is 5.73. The van der Waals surface area contributed by atoms with E-state index in [1.807, 2.05) is 17.4 Å². The molecule has 51 heavy (non-hydrogen) atoms. The maximum absolute atomic E-state index is 5.73. The van der Waals surface area contributed by atoms with Crippen molar-refractivity contribution < 1.29 is 4.57 Å². The largest absolute Gasteiger partial charge is 0.308 e. The van der Waals surface area contributed by atoms with Gasteiger partial charge in [0.25, 0.3) is 0 Å². The number of rotatable bonds is 5. The van der Waals surface area contributed by atoms with E-state index in [1.165, 1.54) is 86.2 Å². The number of aromatic nitrogens is 2. The van der Waals surface area contributed by atoms with Crippen molar-refractivity contribution in [3.63, 3.8) is 0 Å². The van der Waals surface area contributed by atoms with Crippen molar-refractivity contribution in [1.82, 2.24) is 4.40 Å². The molecule has 11 rings (SSSR count). The number of fused-ring (bicyclic) bond motifs is 14.